The van der Waals surface area contributed by atoms with E-state index in [2.05, 4.69) is 5.43 Å². The third kappa shape index (κ3) is 5.97. The molecule has 6 atom stereocenters. The van der Waals surface area contributed by atoms with E-state index in [9.17, 15) is 19.5 Å². The summed E-state index contributed by atoms with van der Waals surface area (Å²) in [5, 5.41) is 12.3. The Morgan fingerprint density at radius 3 is 2.18 bits per heavy atom. The maximum absolute atomic E-state index is 15.5. The molecule has 60 heavy (non-hydrogen) atoms. The van der Waals surface area contributed by atoms with E-state index in [1.807, 2.05) is 12.1 Å². The number of allylic oxidation sites excluding steroid dienone is 2. The van der Waals surface area contributed by atoms with Gasteiger partial charge in [-0.05, 0) is 96.6 Å². The standard InChI is InChI=1S/C47H37Cl2N3O8/c1-59-31-16-11-28(12-17-31)47-35(44(56)52(46(47)58)50-37-20-13-29(48)23-36(37)49)24-34-32(41(47)27-10-21-38(53)39(22-27)60-2)18-19-33-40(34)45(57)51(43(33)55)30-14-8-26(9-15-30)42(54)25-6-4-3-5-7-25/h3-18,20-23,33-35,40-41,50,53H,19,24H2,1-2H3/t33-,34+,35-,40-,41-,47+/m0/s1. The molecule has 11 nitrogen and oxygen atoms in total. The van der Waals surface area contributed by atoms with Gasteiger partial charge in [0, 0.05) is 22.1 Å². The largest absolute Gasteiger partial charge is 0.504 e. The Bertz CT molecular complexity index is 2630. The third-order valence-corrected chi connectivity index (χ3v) is 13.1. The van der Waals surface area contributed by atoms with Crippen LogP contribution in [-0.2, 0) is 24.6 Å². The van der Waals surface area contributed by atoms with Crippen LogP contribution >= 0.6 is 23.2 Å². The first-order valence-electron chi connectivity index (χ1n) is 19.4. The van der Waals surface area contributed by atoms with Crippen LogP contribution in [0.5, 0.6) is 17.2 Å². The first-order valence-corrected chi connectivity index (χ1v) is 20.1. The van der Waals surface area contributed by atoms with Crippen molar-refractivity contribution < 1.29 is 38.6 Å². The number of hydrogen-bond donors (Lipinski definition) is 2. The van der Waals surface area contributed by atoms with Crippen LogP contribution < -0.4 is 19.8 Å². The summed E-state index contributed by atoms with van der Waals surface area (Å²) < 4.78 is 11.0. The monoisotopic (exact) mass is 841 g/mol. The lowest BCUT2D eigenvalue weighted by molar-refractivity contribution is -0.138. The summed E-state index contributed by atoms with van der Waals surface area (Å²) in [7, 11) is 2.95. The minimum absolute atomic E-state index is 0.0548. The summed E-state index contributed by atoms with van der Waals surface area (Å²) in [6.45, 7) is 0. The average Bonchev–Trinajstić information content (AvgIpc) is 3.65. The number of phenols is 1. The highest BCUT2D eigenvalue weighted by Crippen LogP contribution is 2.64. The summed E-state index contributed by atoms with van der Waals surface area (Å²) in [4.78, 5) is 74.1. The molecule has 302 valence electrons. The Hall–Kier alpha value is -6.43. The summed E-state index contributed by atoms with van der Waals surface area (Å²) in [5.41, 5.74) is 4.71. The SMILES string of the molecule is COc1ccc([C@@]23C(=O)N(Nc4ccc(Cl)cc4Cl)C(=O)[C@@H]2C[C@@H]2C(=CC[C@@H]4C(=O)N(c5ccc(C(=O)c6ccccc6)cc5)C(=O)[C@@H]42)[C@@H]3c2ccc(O)c(OC)c2)cc1. The van der Waals surface area contributed by atoms with Crippen molar-refractivity contribution in [2.75, 3.05) is 24.5 Å². The second kappa shape index (κ2) is 15.0. The molecule has 4 amide bonds. The zero-order chi connectivity index (χ0) is 42.0. The van der Waals surface area contributed by atoms with Crippen molar-refractivity contribution >= 4 is 64.0 Å². The molecule has 0 bridgehead atoms. The third-order valence-electron chi connectivity index (χ3n) is 12.5. The van der Waals surface area contributed by atoms with Crippen LogP contribution in [0.15, 0.2) is 127 Å². The molecule has 2 aliphatic heterocycles. The fourth-order valence-corrected chi connectivity index (χ4v) is 10.3. The molecule has 0 spiro atoms. The van der Waals surface area contributed by atoms with Gasteiger partial charge < -0.3 is 14.6 Å². The minimum atomic E-state index is -1.60. The zero-order valence-corrected chi connectivity index (χ0v) is 33.8. The molecular weight excluding hydrogens is 805 g/mol. The quantitative estimate of drug-likeness (QED) is 0.0855. The van der Waals surface area contributed by atoms with Gasteiger partial charge in [0.05, 0.1) is 53.8 Å². The number of imide groups is 2. The molecule has 9 rings (SSSR count). The van der Waals surface area contributed by atoms with Gasteiger partial charge in [-0.25, -0.2) is 0 Å². The van der Waals surface area contributed by atoms with Gasteiger partial charge in [-0.1, -0.05) is 83.4 Å². The minimum Gasteiger partial charge on any atom is -0.504 e. The van der Waals surface area contributed by atoms with Gasteiger partial charge in [0.15, 0.2) is 17.3 Å². The number of benzene rings is 5. The number of carbonyl (C=O) groups is 5. The molecule has 5 aromatic carbocycles. The molecule has 0 radical (unpaired) electrons. The number of rotatable bonds is 9. The van der Waals surface area contributed by atoms with Crippen molar-refractivity contribution in [2.45, 2.75) is 24.2 Å². The Morgan fingerprint density at radius 1 is 0.783 bits per heavy atom. The molecule has 4 aliphatic rings. The summed E-state index contributed by atoms with van der Waals surface area (Å²) in [6.07, 6.45) is 2.19. The van der Waals surface area contributed by atoms with Crippen molar-refractivity contribution in [3.8, 4) is 17.2 Å². The molecule has 5 aromatic rings. The van der Waals surface area contributed by atoms with Crippen LogP contribution in [-0.4, -0.2) is 53.7 Å². The Labute approximate surface area is 355 Å². The number of halogens is 2. The van der Waals surface area contributed by atoms with Crippen LogP contribution in [0.3, 0.4) is 0 Å². The number of carbonyl (C=O) groups excluding carboxylic acids is 5. The Morgan fingerprint density at radius 2 is 1.50 bits per heavy atom. The van der Waals surface area contributed by atoms with Gasteiger partial charge in [-0.15, -0.1) is 0 Å². The van der Waals surface area contributed by atoms with Crippen LogP contribution in [0.4, 0.5) is 11.4 Å². The molecule has 2 aliphatic carbocycles. The highest BCUT2D eigenvalue weighted by Gasteiger charge is 2.70. The van der Waals surface area contributed by atoms with Gasteiger partial charge in [0.25, 0.3) is 11.8 Å². The molecule has 2 heterocycles. The molecule has 13 heteroatoms. The number of amides is 4. The number of nitrogens with zero attached hydrogens (tertiary/aromatic N) is 2. The Kier molecular flexibility index (Phi) is 9.76. The highest BCUT2D eigenvalue weighted by atomic mass is 35.5. The van der Waals surface area contributed by atoms with Gasteiger partial charge in [-0.2, -0.15) is 5.01 Å². The highest BCUT2D eigenvalue weighted by molar-refractivity contribution is 6.36. The second-order valence-corrected chi connectivity index (χ2v) is 16.2. The number of methoxy groups -OCH3 is 2. The zero-order valence-electron chi connectivity index (χ0n) is 32.3. The summed E-state index contributed by atoms with van der Waals surface area (Å²) >= 11 is 12.8. The predicted octanol–water partition coefficient (Wildman–Crippen LogP) is 8.14. The number of aromatic hydroxyl groups is 1. The number of ketones is 1. The van der Waals surface area contributed by atoms with Crippen molar-refractivity contribution in [2.24, 2.45) is 23.7 Å². The van der Waals surface area contributed by atoms with E-state index in [-0.39, 0.29) is 46.7 Å². The van der Waals surface area contributed by atoms with E-state index in [4.69, 9.17) is 32.7 Å². The lowest BCUT2D eigenvalue weighted by Crippen LogP contribution is -2.53. The van der Waals surface area contributed by atoms with Crippen LogP contribution in [0, 0.1) is 23.7 Å². The van der Waals surface area contributed by atoms with Crippen molar-refractivity contribution in [1.29, 1.82) is 0 Å². The smallest absolute Gasteiger partial charge is 0.260 e. The van der Waals surface area contributed by atoms with E-state index in [1.165, 1.54) is 31.3 Å². The molecule has 2 N–H and O–H groups in total. The molecular formula is C47H37Cl2N3O8. The van der Waals surface area contributed by atoms with Gasteiger partial charge in [0.2, 0.25) is 11.8 Å². The van der Waals surface area contributed by atoms with Gasteiger partial charge in [-0.3, -0.25) is 34.3 Å². The second-order valence-electron chi connectivity index (χ2n) is 15.4. The molecule has 1 saturated carbocycles. The number of hydrogen-bond acceptors (Lipinski definition) is 9. The number of anilines is 2. The summed E-state index contributed by atoms with van der Waals surface area (Å²) in [6, 6.07) is 31.7. The van der Waals surface area contributed by atoms with E-state index < -0.39 is 52.7 Å². The molecule has 2 saturated heterocycles. The molecule has 0 aromatic heterocycles. The van der Waals surface area contributed by atoms with E-state index in [0.717, 1.165) is 10.6 Å². The van der Waals surface area contributed by atoms with E-state index in [0.29, 0.717) is 38.7 Å². The van der Waals surface area contributed by atoms with Gasteiger partial charge in [0.1, 0.15) is 5.75 Å². The van der Waals surface area contributed by atoms with Crippen molar-refractivity contribution in [3.05, 3.63) is 159 Å². The maximum Gasteiger partial charge on any atom is 0.260 e. The lowest BCUT2D eigenvalue weighted by Gasteiger charge is -2.50. The first kappa shape index (κ1) is 39.1. The normalized spacial score (nSPS) is 24.4. The van der Waals surface area contributed by atoms with Crippen LogP contribution in [0.2, 0.25) is 10.0 Å². The number of hydrazine groups is 1. The predicted molar refractivity (Wildman–Crippen MR) is 224 cm³/mol. The molecule has 3 fully saturated rings. The van der Waals surface area contributed by atoms with E-state index in [1.54, 1.807) is 97.1 Å². The van der Waals surface area contributed by atoms with E-state index >= 15 is 9.59 Å². The van der Waals surface area contributed by atoms with Gasteiger partial charge >= 0.3 is 0 Å². The first-order chi connectivity index (χ1) is 29.0. The summed E-state index contributed by atoms with van der Waals surface area (Å²) in [5.74, 6) is -5.75. The number of phenolic OH excluding ortho intramolecular Hbond substituents is 1. The number of ether oxygens (including phenoxy) is 2. The van der Waals surface area contributed by atoms with Crippen LogP contribution in [0.1, 0.15) is 45.8 Å². The molecule has 0 unspecified atom stereocenters. The average molecular weight is 843 g/mol. The fraction of sp³-hybridized carbons (Fsp3) is 0.213. The Balaban J connectivity index is 1.17. The maximum atomic E-state index is 15.5. The lowest BCUT2D eigenvalue weighted by atomic mass is 9.49. The van der Waals surface area contributed by atoms with Crippen molar-refractivity contribution in [1.82, 2.24) is 5.01 Å². The topological polar surface area (TPSA) is 143 Å². The number of fused-ring (bicyclic) bond motifs is 4. The van der Waals surface area contributed by atoms with Crippen molar-refractivity contribution in [3.63, 3.8) is 0 Å². The number of nitrogens with one attached hydrogen (secondary N) is 1. The fourth-order valence-electron chi connectivity index (χ4n) is 9.86. The van der Waals surface area contributed by atoms with Crippen LogP contribution in [0.25, 0.3) is 0 Å².